The maximum Gasteiger partial charge on any atom is 0.435 e. The Labute approximate surface area is 120 Å². The topological polar surface area (TPSA) is 35.6 Å². The fourth-order valence-corrected chi connectivity index (χ4v) is 2.78. The highest BCUT2D eigenvalue weighted by molar-refractivity contribution is 5.06. The molecule has 2 aromatic heterocycles. The highest BCUT2D eigenvalue weighted by Gasteiger charge is 2.33. The van der Waals surface area contributed by atoms with E-state index >= 15 is 0 Å². The van der Waals surface area contributed by atoms with E-state index in [4.69, 9.17) is 0 Å². The summed E-state index contributed by atoms with van der Waals surface area (Å²) in [5.74, 6) is 0. The van der Waals surface area contributed by atoms with Crippen LogP contribution in [-0.4, -0.2) is 19.6 Å². The molecular weight excluding hydrogens is 281 g/mol. The molecule has 4 nitrogen and oxygen atoms in total. The second kappa shape index (κ2) is 5.54. The van der Waals surface area contributed by atoms with Crippen LogP contribution in [0.5, 0.6) is 0 Å². The van der Waals surface area contributed by atoms with Crippen LogP contribution < -0.4 is 0 Å². The predicted molar refractivity (Wildman–Crippen MR) is 70.7 cm³/mol. The molecular formula is C14H17F3N4. The van der Waals surface area contributed by atoms with E-state index in [0.29, 0.717) is 6.04 Å². The smallest absolute Gasteiger partial charge is 0.269 e. The van der Waals surface area contributed by atoms with Crippen LogP contribution in [0.2, 0.25) is 0 Å². The molecule has 0 atom stereocenters. The minimum absolute atomic E-state index is 0.260. The van der Waals surface area contributed by atoms with Crippen molar-refractivity contribution < 1.29 is 13.2 Å². The Bertz CT molecular complexity index is 593. The summed E-state index contributed by atoms with van der Waals surface area (Å²) >= 11 is 0. The highest BCUT2D eigenvalue weighted by atomic mass is 19.4. The van der Waals surface area contributed by atoms with E-state index in [1.165, 1.54) is 30.1 Å². The van der Waals surface area contributed by atoms with E-state index in [2.05, 4.69) is 10.2 Å². The number of alkyl halides is 3. The van der Waals surface area contributed by atoms with Gasteiger partial charge >= 0.3 is 6.18 Å². The lowest BCUT2D eigenvalue weighted by atomic mass is 9.96. The summed E-state index contributed by atoms with van der Waals surface area (Å²) in [6.45, 7) is 0.260. The predicted octanol–water partition coefficient (Wildman–Crippen LogP) is 3.65. The van der Waals surface area contributed by atoms with Crippen molar-refractivity contribution >= 4 is 0 Å². The van der Waals surface area contributed by atoms with E-state index < -0.39 is 11.9 Å². The Hall–Kier alpha value is -1.79. The number of hydrogen-bond acceptors (Lipinski definition) is 2. The van der Waals surface area contributed by atoms with Crippen LogP contribution in [-0.2, 0) is 12.7 Å². The van der Waals surface area contributed by atoms with E-state index in [1.54, 1.807) is 0 Å². The third kappa shape index (κ3) is 3.28. The van der Waals surface area contributed by atoms with Gasteiger partial charge in [-0.25, -0.2) is 0 Å². The summed E-state index contributed by atoms with van der Waals surface area (Å²) < 4.78 is 40.7. The average molecular weight is 298 g/mol. The van der Waals surface area contributed by atoms with Crippen LogP contribution in [0.25, 0.3) is 0 Å². The van der Waals surface area contributed by atoms with Crippen LogP contribution in [0.4, 0.5) is 13.2 Å². The molecule has 2 aromatic rings. The van der Waals surface area contributed by atoms with Crippen molar-refractivity contribution in [3.8, 4) is 0 Å². The van der Waals surface area contributed by atoms with Gasteiger partial charge in [-0.3, -0.25) is 9.36 Å². The van der Waals surface area contributed by atoms with Crippen LogP contribution >= 0.6 is 0 Å². The Balaban J connectivity index is 1.68. The van der Waals surface area contributed by atoms with Gasteiger partial charge in [0.15, 0.2) is 5.69 Å². The molecule has 21 heavy (non-hydrogen) atoms. The molecule has 1 fully saturated rings. The zero-order valence-electron chi connectivity index (χ0n) is 11.6. The Morgan fingerprint density at radius 1 is 1.05 bits per heavy atom. The zero-order chi connectivity index (χ0) is 14.9. The van der Waals surface area contributed by atoms with Gasteiger partial charge in [0, 0.05) is 12.4 Å². The molecule has 0 radical (unpaired) electrons. The second-order valence-corrected chi connectivity index (χ2v) is 5.48. The molecule has 0 amide bonds. The molecule has 0 bridgehead atoms. The lowest BCUT2D eigenvalue weighted by molar-refractivity contribution is -0.141. The van der Waals surface area contributed by atoms with Crippen LogP contribution in [0.3, 0.4) is 0 Å². The molecule has 0 N–H and O–H groups in total. The number of aromatic nitrogens is 4. The fraction of sp³-hybridized carbons (Fsp3) is 0.571. The Morgan fingerprint density at radius 3 is 2.48 bits per heavy atom. The SMILES string of the molecule is FC(F)(F)c1ccn(Cc2ccn(C3CCCCC3)n2)n1. The van der Waals surface area contributed by atoms with E-state index in [9.17, 15) is 13.2 Å². The van der Waals surface area contributed by atoms with Gasteiger partial charge in [-0.15, -0.1) is 0 Å². The van der Waals surface area contributed by atoms with E-state index in [0.717, 1.165) is 24.6 Å². The largest absolute Gasteiger partial charge is 0.435 e. The third-order valence-corrected chi connectivity index (χ3v) is 3.87. The van der Waals surface area contributed by atoms with Crippen LogP contribution in [0, 0.1) is 0 Å². The summed E-state index contributed by atoms with van der Waals surface area (Å²) in [6, 6.07) is 3.26. The van der Waals surface area contributed by atoms with Gasteiger partial charge in [0.05, 0.1) is 18.3 Å². The molecule has 7 heteroatoms. The maximum atomic E-state index is 12.5. The minimum atomic E-state index is -4.40. The standard InChI is InChI=1S/C14H17F3N4/c15-14(16,17)13-7-8-20(19-13)10-11-6-9-21(18-11)12-4-2-1-3-5-12/h6-9,12H,1-5,10H2. The molecule has 114 valence electrons. The normalized spacial score (nSPS) is 17.3. The lowest BCUT2D eigenvalue weighted by Gasteiger charge is -2.21. The summed E-state index contributed by atoms with van der Waals surface area (Å²) in [5.41, 5.74) is -0.133. The maximum absolute atomic E-state index is 12.5. The molecule has 0 saturated heterocycles. The first kappa shape index (κ1) is 14.2. The fourth-order valence-electron chi connectivity index (χ4n) is 2.78. The van der Waals surface area contributed by atoms with Crippen LogP contribution in [0.1, 0.15) is 49.5 Å². The van der Waals surface area contributed by atoms with Crippen molar-refractivity contribution in [2.75, 3.05) is 0 Å². The average Bonchev–Trinajstić information content (AvgIpc) is 3.09. The number of rotatable bonds is 3. The minimum Gasteiger partial charge on any atom is -0.269 e. The summed E-state index contributed by atoms with van der Waals surface area (Å²) in [6.07, 6.45) is 4.82. The quantitative estimate of drug-likeness (QED) is 0.867. The first-order valence-electron chi connectivity index (χ1n) is 7.17. The van der Waals surface area contributed by atoms with Crippen LogP contribution in [0.15, 0.2) is 24.5 Å². The molecule has 1 aliphatic carbocycles. The monoisotopic (exact) mass is 298 g/mol. The Morgan fingerprint density at radius 2 is 1.81 bits per heavy atom. The van der Waals surface area contributed by atoms with Gasteiger partial charge in [0.1, 0.15) is 0 Å². The molecule has 1 aliphatic rings. The van der Waals surface area contributed by atoms with Crippen molar-refractivity contribution in [3.05, 3.63) is 35.9 Å². The van der Waals surface area contributed by atoms with Gasteiger partial charge < -0.3 is 0 Å². The lowest BCUT2D eigenvalue weighted by Crippen LogP contribution is -2.14. The third-order valence-electron chi connectivity index (χ3n) is 3.87. The highest BCUT2D eigenvalue weighted by Crippen LogP contribution is 2.28. The number of nitrogens with zero attached hydrogens (tertiary/aromatic N) is 4. The molecule has 0 aliphatic heterocycles. The molecule has 1 saturated carbocycles. The van der Waals surface area contributed by atoms with Crippen molar-refractivity contribution in [1.29, 1.82) is 0 Å². The van der Waals surface area contributed by atoms with Crippen molar-refractivity contribution in [2.45, 2.75) is 50.9 Å². The first-order valence-corrected chi connectivity index (χ1v) is 7.17. The van der Waals surface area contributed by atoms with Gasteiger partial charge in [0.2, 0.25) is 0 Å². The molecule has 2 heterocycles. The molecule has 0 unspecified atom stereocenters. The summed E-state index contributed by atoms with van der Waals surface area (Å²) in [4.78, 5) is 0. The molecule has 0 spiro atoms. The van der Waals surface area contributed by atoms with Crippen molar-refractivity contribution in [1.82, 2.24) is 19.6 Å². The van der Waals surface area contributed by atoms with Crippen molar-refractivity contribution in [3.63, 3.8) is 0 Å². The summed E-state index contributed by atoms with van der Waals surface area (Å²) in [5, 5.41) is 8.02. The van der Waals surface area contributed by atoms with Crippen molar-refractivity contribution in [2.24, 2.45) is 0 Å². The van der Waals surface area contributed by atoms with Gasteiger partial charge in [0.25, 0.3) is 0 Å². The van der Waals surface area contributed by atoms with Gasteiger partial charge in [-0.2, -0.15) is 23.4 Å². The summed E-state index contributed by atoms with van der Waals surface area (Å²) in [7, 11) is 0. The molecule has 0 aromatic carbocycles. The van der Waals surface area contributed by atoms with E-state index in [1.807, 2.05) is 16.9 Å². The zero-order valence-corrected chi connectivity index (χ0v) is 11.6. The molecule has 3 rings (SSSR count). The Kier molecular flexibility index (Phi) is 3.73. The van der Waals surface area contributed by atoms with Gasteiger partial charge in [-0.1, -0.05) is 19.3 Å². The number of halogens is 3. The second-order valence-electron chi connectivity index (χ2n) is 5.48. The van der Waals surface area contributed by atoms with E-state index in [-0.39, 0.29) is 6.54 Å². The number of hydrogen-bond donors (Lipinski definition) is 0. The van der Waals surface area contributed by atoms with Gasteiger partial charge in [-0.05, 0) is 25.0 Å². The first-order chi connectivity index (χ1) is 10.0.